The van der Waals surface area contributed by atoms with Crippen molar-refractivity contribution in [2.45, 2.75) is 19.5 Å². The number of likely N-dealkylation sites (N-methyl/N-ethyl adjacent to an activating group) is 1. The van der Waals surface area contributed by atoms with E-state index >= 15 is 0 Å². The summed E-state index contributed by atoms with van der Waals surface area (Å²) in [5, 5.41) is 3.24. The first-order valence-electron chi connectivity index (χ1n) is 11.3. The van der Waals surface area contributed by atoms with Crippen LogP contribution in [0, 0.1) is 0 Å². The van der Waals surface area contributed by atoms with Crippen molar-refractivity contribution >= 4 is 22.6 Å². The Kier molecular flexibility index (Phi) is 7.16. The molecule has 0 saturated heterocycles. The average Bonchev–Trinajstić information content (AvgIpc) is 3.26. The van der Waals surface area contributed by atoms with Crippen LogP contribution in [0.5, 0.6) is 0 Å². The number of nitrogens with zero attached hydrogens (tertiary/aromatic N) is 4. The molecule has 7 nitrogen and oxygen atoms in total. The molecule has 3 aromatic heterocycles. The number of nitrogens with one attached hydrogen (secondary N) is 2. The first-order valence-corrected chi connectivity index (χ1v) is 11.3. The highest BCUT2D eigenvalue weighted by Gasteiger charge is 2.31. The van der Waals surface area contributed by atoms with Crippen molar-refractivity contribution in [1.29, 1.82) is 0 Å². The Morgan fingerprint density at radius 2 is 1.89 bits per heavy atom. The van der Waals surface area contributed by atoms with E-state index in [2.05, 4.69) is 25.3 Å². The van der Waals surface area contributed by atoms with Crippen molar-refractivity contribution in [2.24, 2.45) is 0 Å². The molecule has 0 unspecified atom stereocenters. The number of fused-ring (bicyclic) bond motifs is 1. The largest absolute Gasteiger partial charge is 0.416 e. The predicted octanol–water partition coefficient (Wildman–Crippen LogP) is 5.32. The molecule has 4 rings (SSSR count). The Balaban J connectivity index is 1.74. The van der Waals surface area contributed by atoms with Gasteiger partial charge in [-0.25, -0.2) is 15.0 Å². The molecule has 0 aliphatic heterocycles. The standard InChI is InChI=1S/C26H25F3N6O/c1-4-19-12-23(33-15-32-19)22-14-31-25-21(22)10-17(13-30-25)16-8-18(26(27,28)29)11-20(9-16)34-24(36)6-5-7-35(2)3/h5-6,8-15H,4,7H2,1-3H3,(H,30,31)(H,34,36)/b6-5+. The molecule has 10 heteroatoms. The number of halogens is 3. The van der Waals surface area contributed by atoms with Gasteiger partial charge in [0.2, 0.25) is 5.91 Å². The maximum Gasteiger partial charge on any atom is 0.416 e. The fourth-order valence-electron chi connectivity index (χ4n) is 3.70. The molecule has 0 aliphatic carbocycles. The van der Waals surface area contributed by atoms with Crippen LogP contribution in [0.4, 0.5) is 18.9 Å². The summed E-state index contributed by atoms with van der Waals surface area (Å²) >= 11 is 0. The second kappa shape index (κ2) is 10.3. The van der Waals surface area contributed by atoms with E-state index in [9.17, 15) is 18.0 Å². The Morgan fingerprint density at radius 1 is 1.08 bits per heavy atom. The van der Waals surface area contributed by atoms with Crippen LogP contribution in [0.1, 0.15) is 18.2 Å². The lowest BCUT2D eigenvalue weighted by Crippen LogP contribution is -2.13. The van der Waals surface area contributed by atoms with Crippen LogP contribution in [-0.4, -0.2) is 51.4 Å². The number of pyridine rings is 1. The number of hydrogen-bond donors (Lipinski definition) is 2. The number of carbonyl (C=O) groups is 1. The number of benzene rings is 1. The van der Waals surface area contributed by atoms with Crippen LogP contribution in [0.2, 0.25) is 0 Å². The van der Waals surface area contributed by atoms with E-state index < -0.39 is 17.6 Å². The molecule has 36 heavy (non-hydrogen) atoms. The van der Waals surface area contributed by atoms with E-state index in [-0.39, 0.29) is 11.3 Å². The van der Waals surface area contributed by atoms with Crippen molar-refractivity contribution < 1.29 is 18.0 Å². The molecule has 0 atom stereocenters. The number of aromatic amines is 1. The minimum atomic E-state index is -4.59. The Bertz CT molecular complexity index is 1420. The molecule has 2 N–H and O–H groups in total. The number of hydrogen-bond acceptors (Lipinski definition) is 5. The zero-order valence-electron chi connectivity index (χ0n) is 20.0. The smallest absolute Gasteiger partial charge is 0.345 e. The maximum atomic E-state index is 13.7. The van der Waals surface area contributed by atoms with Gasteiger partial charge < -0.3 is 15.2 Å². The van der Waals surface area contributed by atoms with E-state index in [4.69, 9.17) is 0 Å². The number of aromatic nitrogens is 4. The van der Waals surface area contributed by atoms with Crippen LogP contribution in [-0.2, 0) is 17.4 Å². The quantitative estimate of drug-likeness (QED) is 0.340. The molecule has 0 radical (unpaired) electrons. The summed E-state index contributed by atoms with van der Waals surface area (Å²) in [5.41, 5.74) is 2.82. The first-order chi connectivity index (χ1) is 17.1. The number of H-pyrrole nitrogens is 1. The summed E-state index contributed by atoms with van der Waals surface area (Å²) in [6.45, 7) is 2.51. The predicted molar refractivity (Wildman–Crippen MR) is 133 cm³/mol. The first kappa shape index (κ1) is 25.1. The van der Waals surface area contributed by atoms with E-state index in [0.717, 1.165) is 29.8 Å². The second-order valence-electron chi connectivity index (χ2n) is 8.52. The van der Waals surface area contributed by atoms with Crippen LogP contribution < -0.4 is 5.32 Å². The van der Waals surface area contributed by atoms with Gasteiger partial charge in [-0.15, -0.1) is 0 Å². The molecule has 0 aliphatic rings. The summed E-state index contributed by atoms with van der Waals surface area (Å²) in [4.78, 5) is 30.2. The van der Waals surface area contributed by atoms with Crippen LogP contribution in [0.15, 0.2) is 61.2 Å². The van der Waals surface area contributed by atoms with E-state index in [0.29, 0.717) is 28.8 Å². The maximum absolute atomic E-state index is 13.7. The lowest BCUT2D eigenvalue weighted by molar-refractivity contribution is -0.137. The van der Waals surface area contributed by atoms with Crippen molar-refractivity contribution in [3.05, 3.63) is 72.5 Å². The van der Waals surface area contributed by atoms with Crippen LogP contribution >= 0.6 is 0 Å². The third-order valence-electron chi connectivity index (χ3n) is 5.49. The van der Waals surface area contributed by atoms with E-state index in [1.165, 1.54) is 24.7 Å². The van der Waals surface area contributed by atoms with Gasteiger partial charge in [0, 0.05) is 52.9 Å². The number of rotatable bonds is 7. The van der Waals surface area contributed by atoms with Gasteiger partial charge in [-0.2, -0.15) is 13.2 Å². The Hall–Kier alpha value is -4.05. The molecule has 4 aromatic rings. The highest BCUT2D eigenvalue weighted by molar-refractivity contribution is 6.00. The highest BCUT2D eigenvalue weighted by Crippen LogP contribution is 2.36. The average molecular weight is 495 g/mol. The van der Waals surface area contributed by atoms with Crippen molar-refractivity contribution in [3.63, 3.8) is 0 Å². The van der Waals surface area contributed by atoms with Gasteiger partial charge in [0.05, 0.1) is 11.3 Å². The highest BCUT2D eigenvalue weighted by atomic mass is 19.4. The lowest BCUT2D eigenvalue weighted by Gasteiger charge is -2.13. The van der Waals surface area contributed by atoms with E-state index in [1.54, 1.807) is 18.3 Å². The van der Waals surface area contributed by atoms with Crippen molar-refractivity contribution in [2.75, 3.05) is 26.0 Å². The van der Waals surface area contributed by atoms with Gasteiger partial charge in [-0.05, 0) is 56.4 Å². The van der Waals surface area contributed by atoms with E-state index in [1.807, 2.05) is 32.0 Å². The summed E-state index contributed by atoms with van der Waals surface area (Å²) in [5.74, 6) is -0.515. The minimum absolute atomic E-state index is 0.0390. The van der Waals surface area contributed by atoms with Crippen LogP contribution in [0.3, 0.4) is 0 Å². The monoisotopic (exact) mass is 494 g/mol. The fraction of sp³-hybridized carbons (Fsp3) is 0.231. The topological polar surface area (TPSA) is 86.8 Å². The van der Waals surface area contributed by atoms with Gasteiger partial charge in [0.25, 0.3) is 0 Å². The molecule has 0 saturated carbocycles. The van der Waals surface area contributed by atoms with Gasteiger partial charge in [0.1, 0.15) is 12.0 Å². The number of alkyl halides is 3. The zero-order valence-corrected chi connectivity index (χ0v) is 20.0. The zero-order chi connectivity index (χ0) is 25.9. The number of amides is 1. The minimum Gasteiger partial charge on any atom is -0.345 e. The summed E-state index contributed by atoms with van der Waals surface area (Å²) in [6, 6.07) is 7.10. The molecule has 1 amide bonds. The van der Waals surface area contributed by atoms with Crippen molar-refractivity contribution in [3.8, 4) is 22.4 Å². The van der Waals surface area contributed by atoms with Gasteiger partial charge >= 0.3 is 6.18 Å². The third-order valence-corrected chi connectivity index (χ3v) is 5.49. The molecule has 1 aromatic carbocycles. The molecule has 0 bridgehead atoms. The number of anilines is 1. The van der Waals surface area contributed by atoms with Gasteiger partial charge in [0.15, 0.2) is 0 Å². The summed E-state index contributed by atoms with van der Waals surface area (Å²) < 4.78 is 41.1. The van der Waals surface area contributed by atoms with Gasteiger partial charge in [-0.1, -0.05) is 13.0 Å². The number of carbonyl (C=O) groups excluding carboxylic acids is 1. The summed E-state index contributed by atoms with van der Waals surface area (Å²) in [7, 11) is 3.69. The summed E-state index contributed by atoms with van der Waals surface area (Å²) in [6.07, 6.45) is 3.82. The van der Waals surface area contributed by atoms with Crippen molar-refractivity contribution in [1.82, 2.24) is 24.8 Å². The third kappa shape index (κ3) is 5.77. The molecule has 0 fully saturated rings. The van der Waals surface area contributed by atoms with Gasteiger partial charge in [-0.3, -0.25) is 4.79 Å². The molecule has 3 heterocycles. The normalized spacial score (nSPS) is 12.1. The lowest BCUT2D eigenvalue weighted by atomic mass is 10.0. The fourth-order valence-corrected chi connectivity index (χ4v) is 3.70. The molecule has 0 spiro atoms. The second-order valence-corrected chi connectivity index (χ2v) is 8.52. The van der Waals surface area contributed by atoms with Crippen LogP contribution in [0.25, 0.3) is 33.4 Å². The number of aryl methyl sites for hydroxylation is 1. The Labute approximate surface area is 206 Å². The molecular formula is C26H25F3N6O. The molecular weight excluding hydrogens is 469 g/mol. The molecule has 186 valence electrons. The SMILES string of the molecule is CCc1cc(-c2c[nH]c3ncc(-c4cc(NC(=O)/C=C/CN(C)C)cc(C(F)(F)F)c4)cc23)ncn1. The Morgan fingerprint density at radius 3 is 2.61 bits per heavy atom.